The van der Waals surface area contributed by atoms with E-state index in [2.05, 4.69) is 35.7 Å². The lowest BCUT2D eigenvalue weighted by Gasteiger charge is -2.13. The van der Waals surface area contributed by atoms with Crippen molar-refractivity contribution in [1.82, 2.24) is 0 Å². The van der Waals surface area contributed by atoms with Crippen LogP contribution in [0.2, 0.25) is 0 Å². The molecule has 0 spiro atoms. The molecule has 30 heavy (non-hydrogen) atoms. The molecule has 10 heteroatoms. The maximum Gasteiger partial charge on any atom is 0.335 e. The molecule has 0 fully saturated rings. The Morgan fingerprint density at radius 3 is 1.67 bits per heavy atom. The Hall–Kier alpha value is -3.28. The fraction of sp³-hybridized carbons (Fsp3) is 0.0500. The maximum atomic E-state index is 10.9. The predicted octanol–water partition coefficient (Wildman–Crippen LogP) is -0.438. The highest BCUT2D eigenvalue weighted by atomic mass is 32.2. The molecule has 160 valence electrons. The van der Waals surface area contributed by atoms with Gasteiger partial charge in [0.1, 0.15) is 21.5 Å². The summed E-state index contributed by atoms with van der Waals surface area (Å²) in [4.78, 5) is 9.68. The molecule has 0 radical (unpaired) electrons. The van der Waals surface area contributed by atoms with Gasteiger partial charge in [0.25, 0.3) is 0 Å². The number of benzene rings is 3. The van der Waals surface area contributed by atoms with Crippen molar-refractivity contribution in [3.05, 3.63) is 83.4 Å². The summed E-state index contributed by atoms with van der Waals surface area (Å²) in [6, 6.07) is 18.7. The highest BCUT2D eigenvalue weighted by Gasteiger charge is 2.08. The Kier molecular flexibility index (Phi) is 8.65. The van der Waals surface area contributed by atoms with E-state index in [0.29, 0.717) is 6.07 Å². The molecule has 0 atom stereocenters. The van der Waals surface area contributed by atoms with Crippen LogP contribution in [-0.2, 0) is 16.5 Å². The number of carbonyl (C=O) groups is 1. The molecule has 0 aliphatic carbocycles. The molecule has 0 saturated carbocycles. The van der Waals surface area contributed by atoms with Crippen molar-refractivity contribution in [3.63, 3.8) is 0 Å². The summed E-state index contributed by atoms with van der Waals surface area (Å²) in [5.41, 5.74) is 11.8. The summed E-state index contributed by atoms with van der Waals surface area (Å²) >= 11 is 0. The van der Waals surface area contributed by atoms with Gasteiger partial charge >= 0.3 is 5.97 Å². The average molecular weight is 434 g/mol. The normalized spacial score (nSPS) is 10.4. The fourth-order valence-corrected chi connectivity index (χ4v) is 2.88. The third-order valence-corrected chi connectivity index (χ3v) is 4.76. The quantitative estimate of drug-likeness (QED) is 0.464. The lowest BCUT2D eigenvalue weighted by molar-refractivity contribution is -0.268. The minimum Gasteiger partial charge on any atom is -0.872 e. The Bertz CT molecular complexity index is 1050. The van der Waals surface area contributed by atoms with Crippen LogP contribution in [-0.4, -0.2) is 29.5 Å². The first-order chi connectivity index (χ1) is 13.6. The van der Waals surface area contributed by atoms with E-state index in [1.54, 1.807) is 0 Å². The molecule has 0 heterocycles. The van der Waals surface area contributed by atoms with Crippen molar-refractivity contribution in [3.8, 4) is 5.75 Å². The first kappa shape index (κ1) is 24.8. The van der Waals surface area contributed by atoms with E-state index in [9.17, 15) is 22.9 Å². The standard InChI is InChI=1S/C13H14N2.C7H6O6S.H2O/c14-12-5-1-10(2-6-12)9-11-3-7-13(15)8-4-11;8-6-2-1-4(14(11,12)13)3-5(6)7(9)10;/h1-8H,9,14-15H2;1-3,8H,(H,9,10)(H,11,12,13);1H2. The van der Waals surface area contributed by atoms with Crippen LogP contribution in [0.5, 0.6) is 5.75 Å². The molecular formula is C20H22N2O7S. The third kappa shape index (κ3) is 7.28. The summed E-state index contributed by atoms with van der Waals surface area (Å²) in [7, 11) is -4.73. The first-order valence-corrected chi connectivity index (χ1v) is 9.79. The second-order valence-corrected chi connectivity index (χ2v) is 7.61. The predicted molar refractivity (Wildman–Crippen MR) is 105 cm³/mol. The van der Waals surface area contributed by atoms with Crippen LogP contribution in [0.4, 0.5) is 11.4 Å². The molecule has 0 saturated heterocycles. The van der Waals surface area contributed by atoms with Gasteiger partial charge in [-0.1, -0.05) is 36.1 Å². The van der Waals surface area contributed by atoms with Gasteiger partial charge < -0.3 is 31.7 Å². The summed E-state index contributed by atoms with van der Waals surface area (Å²) in [5.74, 6) is -2.41. The minimum atomic E-state index is -4.73. The molecule has 0 unspecified atom stereocenters. The van der Waals surface area contributed by atoms with E-state index in [-0.39, 0.29) is 5.48 Å². The Morgan fingerprint density at radius 1 is 0.867 bits per heavy atom. The number of carboxylic acid groups (broad SMARTS) is 1. The van der Waals surface area contributed by atoms with Crippen LogP contribution in [0.1, 0.15) is 21.5 Å². The van der Waals surface area contributed by atoms with Crippen LogP contribution in [0.25, 0.3) is 0 Å². The van der Waals surface area contributed by atoms with Crippen molar-refractivity contribution in [2.75, 3.05) is 0 Å². The summed E-state index contributed by atoms with van der Waals surface area (Å²) in [5, 5.41) is 19.3. The van der Waals surface area contributed by atoms with Crippen LogP contribution in [0, 0.1) is 0 Å². The zero-order valence-corrected chi connectivity index (χ0v) is 16.7. The lowest BCUT2D eigenvalue weighted by atomic mass is 10.0. The van der Waals surface area contributed by atoms with Crippen LogP contribution < -0.4 is 16.6 Å². The molecule has 3 aromatic rings. The van der Waals surface area contributed by atoms with Gasteiger partial charge in [0.05, 0.1) is 10.5 Å². The fourth-order valence-electron chi connectivity index (χ4n) is 2.38. The molecule has 0 aliphatic heterocycles. The zero-order chi connectivity index (χ0) is 21.6. The van der Waals surface area contributed by atoms with E-state index in [4.69, 9.17) is 5.11 Å². The smallest absolute Gasteiger partial charge is 0.335 e. The van der Waals surface area contributed by atoms with Gasteiger partial charge in [0.15, 0.2) is 0 Å². The van der Waals surface area contributed by atoms with Crippen molar-refractivity contribution >= 4 is 27.5 Å². The van der Waals surface area contributed by atoms with E-state index in [1.807, 2.05) is 24.3 Å². The number of hydrogen-bond donors (Lipinski definition) is 3. The SMILES string of the molecule is O.O=C(O)c1cc(S(=O)(=O)[O-])ccc1[O-].[NH3+]c1ccc(Cc2ccc([NH3+])cc2)cc1. The summed E-state index contributed by atoms with van der Waals surface area (Å²) < 4.78 is 31.4. The van der Waals surface area contributed by atoms with Gasteiger partial charge in [0.2, 0.25) is 0 Å². The van der Waals surface area contributed by atoms with Crippen molar-refractivity contribution in [2.24, 2.45) is 0 Å². The second kappa shape index (κ2) is 10.5. The molecular weight excluding hydrogens is 412 g/mol. The van der Waals surface area contributed by atoms with Crippen molar-refractivity contribution in [2.45, 2.75) is 11.3 Å². The van der Waals surface area contributed by atoms with E-state index >= 15 is 0 Å². The molecule has 9 N–H and O–H groups in total. The number of rotatable bonds is 4. The van der Waals surface area contributed by atoms with Crippen LogP contribution in [0.15, 0.2) is 71.6 Å². The largest absolute Gasteiger partial charge is 0.872 e. The van der Waals surface area contributed by atoms with Gasteiger partial charge in [0, 0.05) is 0 Å². The minimum absolute atomic E-state index is 0. The molecule has 3 rings (SSSR count). The van der Waals surface area contributed by atoms with E-state index in [0.717, 1.165) is 29.9 Å². The van der Waals surface area contributed by atoms with Gasteiger partial charge in [-0.05, 0) is 53.9 Å². The molecule has 0 amide bonds. The first-order valence-electron chi connectivity index (χ1n) is 8.38. The average Bonchev–Trinajstić information content (AvgIpc) is 2.65. The second-order valence-electron chi connectivity index (χ2n) is 6.23. The topological polar surface area (TPSA) is 204 Å². The number of aromatic carboxylic acids is 1. The van der Waals surface area contributed by atoms with Gasteiger partial charge in [-0.3, -0.25) is 0 Å². The van der Waals surface area contributed by atoms with Gasteiger partial charge in [-0.25, -0.2) is 13.2 Å². The summed E-state index contributed by atoms with van der Waals surface area (Å²) in [6.07, 6.45) is 0.973. The molecule has 0 bridgehead atoms. The van der Waals surface area contributed by atoms with E-state index in [1.165, 1.54) is 11.1 Å². The van der Waals surface area contributed by atoms with Crippen LogP contribution in [0.3, 0.4) is 0 Å². The van der Waals surface area contributed by atoms with Gasteiger partial charge in [-0.15, -0.1) is 0 Å². The molecule has 3 aromatic carbocycles. The molecule has 0 aromatic heterocycles. The van der Waals surface area contributed by atoms with Gasteiger partial charge in [-0.2, -0.15) is 0 Å². The third-order valence-electron chi connectivity index (χ3n) is 3.92. The Balaban J connectivity index is 0.000000291. The number of hydrogen-bond acceptors (Lipinski definition) is 5. The van der Waals surface area contributed by atoms with E-state index < -0.39 is 32.3 Å². The lowest BCUT2D eigenvalue weighted by Crippen LogP contribution is -2.39. The zero-order valence-electron chi connectivity index (χ0n) is 15.9. The highest BCUT2D eigenvalue weighted by molar-refractivity contribution is 7.85. The monoisotopic (exact) mass is 434 g/mol. The Morgan fingerprint density at radius 2 is 1.30 bits per heavy atom. The van der Waals surface area contributed by atoms with Crippen LogP contribution >= 0.6 is 0 Å². The molecule has 9 nitrogen and oxygen atoms in total. The summed E-state index contributed by atoms with van der Waals surface area (Å²) in [6.45, 7) is 0. The van der Waals surface area contributed by atoms with Crippen molar-refractivity contribution in [1.29, 1.82) is 0 Å². The number of quaternary nitrogens is 2. The Labute approximate surface area is 173 Å². The maximum absolute atomic E-state index is 10.9. The van der Waals surface area contributed by atoms with Crippen molar-refractivity contribution < 1.29 is 44.9 Å². The highest BCUT2D eigenvalue weighted by Crippen LogP contribution is 2.18. The number of carboxylic acids is 1. The molecule has 0 aliphatic rings.